The molecule has 0 radical (unpaired) electrons. The number of aromatic nitrogens is 1. The van der Waals surface area contributed by atoms with Crippen LogP contribution in [-0.4, -0.2) is 24.1 Å². The van der Waals surface area contributed by atoms with Crippen LogP contribution >= 0.6 is 0 Å². The van der Waals surface area contributed by atoms with Crippen molar-refractivity contribution < 1.29 is 8.78 Å². The zero-order valence-corrected chi connectivity index (χ0v) is 17.0. The monoisotopic (exact) mass is 405 g/mol. The molecule has 30 heavy (non-hydrogen) atoms. The van der Waals surface area contributed by atoms with Crippen molar-refractivity contribution in [2.45, 2.75) is 25.8 Å². The molecule has 5 heteroatoms. The van der Waals surface area contributed by atoms with Gasteiger partial charge in [0.1, 0.15) is 11.6 Å². The maximum atomic E-state index is 14.1. The van der Waals surface area contributed by atoms with Crippen molar-refractivity contribution >= 4 is 17.8 Å². The molecule has 1 fully saturated rings. The zero-order valence-electron chi connectivity index (χ0n) is 17.0. The van der Waals surface area contributed by atoms with Gasteiger partial charge in [0.15, 0.2) is 0 Å². The summed E-state index contributed by atoms with van der Waals surface area (Å²) in [7, 11) is 0. The van der Waals surface area contributed by atoms with Crippen LogP contribution in [0.25, 0.3) is 23.3 Å². The van der Waals surface area contributed by atoms with Gasteiger partial charge in [0.05, 0.1) is 5.69 Å². The number of halogens is 2. The van der Waals surface area contributed by atoms with Gasteiger partial charge in [-0.1, -0.05) is 30.4 Å². The van der Waals surface area contributed by atoms with Gasteiger partial charge in [0.2, 0.25) is 0 Å². The zero-order chi connectivity index (χ0) is 21.1. The minimum atomic E-state index is -0.274. The van der Waals surface area contributed by atoms with E-state index in [4.69, 9.17) is 5.73 Å². The molecule has 2 aromatic carbocycles. The number of rotatable bonds is 4. The molecular formula is C25H25F2N3. The molecule has 1 aromatic heterocycles. The van der Waals surface area contributed by atoms with Gasteiger partial charge in [-0.3, -0.25) is 4.98 Å². The number of anilines is 1. The molecule has 0 aliphatic carbocycles. The van der Waals surface area contributed by atoms with Gasteiger partial charge < -0.3 is 10.6 Å². The maximum absolute atomic E-state index is 14.1. The summed E-state index contributed by atoms with van der Waals surface area (Å²) in [4.78, 5) is 6.72. The molecule has 0 bridgehead atoms. The fourth-order valence-electron chi connectivity index (χ4n) is 3.97. The molecule has 3 nitrogen and oxygen atoms in total. The van der Waals surface area contributed by atoms with Crippen LogP contribution < -0.4 is 10.6 Å². The van der Waals surface area contributed by atoms with Gasteiger partial charge in [-0.2, -0.15) is 0 Å². The lowest BCUT2D eigenvalue weighted by Crippen LogP contribution is -2.40. The third kappa shape index (κ3) is 4.57. The van der Waals surface area contributed by atoms with Crippen LogP contribution in [0.2, 0.25) is 0 Å². The summed E-state index contributed by atoms with van der Waals surface area (Å²) in [5, 5.41) is 0. The number of pyridine rings is 1. The van der Waals surface area contributed by atoms with Crippen molar-refractivity contribution in [1.82, 2.24) is 4.98 Å². The largest absolute Gasteiger partial charge is 0.370 e. The summed E-state index contributed by atoms with van der Waals surface area (Å²) >= 11 is 0. The Labute approximate surface area is 175 Å². The highest BCUT2D eigenvalue weighted by Crippen LogP contribution is 2.36. The van der Waals surface area contributed by atoms with Crippen molar-refractivity contribution in [3.63, 3.8) is 0 Å². The number of hydrogen-bond acceptors (Lipinski definition) is 3. The lowest BCUT2D eigenvalue weighted by atomic mass is 9.97. The van der Waals surface area contributed by atoms with E-state index in [0.717, 1.165) is 59.4 Å². The third-order valence-corrected chi connectivity index (χ3v) is 5.46. The third-order valence-electron chi connectivity index (χ3n) is 5.46. The number of nitrogens with two attached hydrogens (primary N) is 1. The molecular weight excluding hydrogens is 380 g/mol. The van der Waals surface area contributed by atoms with Gasteiger partial charge in [0.25, 0.3) is 0 Å². The molecule has 2 heterocycles. The molecule has 1 aliphatic heterocycles. The normalized spacial score (nSPS) is 15.1. The first kappa shape index (κ1) is 20.2. The van der Waals surface area contributed by atoms with E-state index >= 15 is 0 Å². The maximum Gasteiger partial charge on any atom is 0.124 e. The molecule has 0 saturated carbocycles. The van der Waals surface area contributed by atoms with Crippen molar-refractivity contribution in [2.75, 3.05) is 18.0 Å². The highest BCUT2D eigenvalue weighted by molar-refractivity contribution is 5.87. The highest BCUT2D eigenvalue weighted by atomic mass is 19.1. The van der Waals surface area contributed by atoms with Crippen molar-refractivity contribution in [3.8, 4) is 11.1 Å². The molecule has 154 valence electrons. The smallest absolute Gasteiger partial charge is 0.124 e. The van der Waals surface area contributed by atoms with E-state index in [0.29, 0.717) is 0 Å². The Kier molecular flexibility index (Phi) is 5.91. The number of hydrogen-bond donors (Lipinski definition) is 1. The Bertz CT molecular complexity index is 1050. The van der Waals surface area contributed by atoms with Gasteiger partial charge in [-0.05, 0) is 60.7 Å². The van der Waals surface area contributed by atoms with E-state index in [-0.39, 0.29) is 17.7 Å². The average molecular weight is 405 g/mol. The second-order valence-corrected chi connectivity index (χ2v) is 7.85. The van der Waals surface area contributed by atoms with Crippen LogP contribution in [0.3, 0.4) is 0 Å². The van der Waals surface area contributed by atoms with E-state index in [1.54, 1.807) is 24.5 Å². The number of nitrogens with zero attached hydrogens (tertiary/aromatic N) is 2. The molecule has 0 atom stereocenters. The lowest BCUT2D eigenvalue weighted by molar-refractivity contribution is 0.501. The number of piperidine rings is 1. The van der Waals surface area contributed by atoms with E-state index in [1.807, 2.05) is 31.2 Å². The lowest BCUT2D eigenvalue weighted by Gasteiger charge is -2.34. The Morgan fingerprint density at radius 2 is 1.80 bits per heavy atom. The summed E-state index contributed by atoms with van der Waals surface area (Å²) in [5.74, 6) is -0.540. The molecule has 4 rings (SSSR count). The first-order chi connectivity index (χ1) is 14.5. The second-order valence-electron chi connectivity index (χ2n) is 7.85. The van der Waals surface area contributed by atoms with Crippen molar-refractivity contribution in [1.29, 1.82) is 0 Å². The minimum absolute atomic E-state index is 0.203. The van der Waals surface area contributed by atoms with Crippen LogP contribution in [0.15, 0.2) is 54.9 Å². The van der Waals surface area contributed by atoms with E-state index < -0.39 is 0 Å². The predicted octanol–water partition coefficient (Wildman–Crippen LogP) is 5.43. The molecule has 0 amide bonds. The summed E-state index contributed by atoms with van der Waals surface area (Å²) < 4.78 is 27.7. The van der Waals surface area contributed by atoms with Gasteiger partial charge in [0, 0.05) is 42.7 Å². The predicted molar refractivity (Wildman–Crippen MR) is 119 cm³/mol. The molecule has 1 aliphatic rings. The Morgan fingerprint density at radius 1 is 1.00 bits per heavy atom. The van der Waals surface area contributed by atoms with Gasteiger partial charge in [-0.25, -0.2) is 8.78 Å². The van der Waals surface area contributed by atoms with Crippen LogP contribution in [0, 0.1) is 18.6 Å². The number of benzene rings is 2. The molecule has 3 aromatic rings. The van der Waals surface area contributed by atoms with Gasteiger partial charge >= 0.3 is 0 Å². The molecule has 2 N–H and O–H groups in total. The van der Waals surface area contributed by atoms with Gasteiger partial charge in [-0.15, -0.1) is 0 Å². The minimum Gasteiger partial charge on any atom is -0.370 e. The summed E-state index contributed by atoms with van der Waals surface area (Å²) in [6.07, 6.45) is 9.21. The SMILES string of the molecule is Cc1cc(F)cc(-c2cncc(C=Cc3cccc(F)c3)c2N2CCC(N)CC2)c1. The second kappa shape index (κ2) is 8.76. The summed E-state index contributed by atoms with van der Waals surface area (Å²) in [6, 6.07) is 11.7. The molecule has 0 spiro atoms. The summed E-state index contributed by atoms with van der Waals surface area (Å²) in [5.41, 5.74) is 11.3. The first-order valence-corrected chi connectivity index (χ1v) is 10.2. The van der Waals surface area contributed by atoms with E-state index in [9.17, 15) is 8.78 Å². The van der Waals surface area contributed by atoms with Crippen LogP contribution in [0.1, 0.15) is 29.5 Å². The van der Waals surface area contributed by atoms with Crippen molar-refractivity contribution in [2.24, 2.45) is 5.73 Å². The topological polar surface area (TPSA) is 42.2 Å². The van der Waals surface area contributed by atoms with Crippen LogP contribution in [-0.2, 0) is 0 Å². The Morgan fingerprint density at radius 3 is 2.53 bits per heavy atom. The summed E-state index contributed by atoms with van der Waals surface area (Å²) in [6.45, 7) is 3.54. The quantitative estimate of drug-likeness (QED) is 0.629. The fourth-order valence-corrected chi connectivity index (χ4v) is 3.97. The molecule has 0 unspecified atom stereocenters. The van der Waals surface area contributed by atoms with Crippen LogP contribution in [0.4, 0.5) is 14.5 Å². The first-order valence-electron chi connectivity index (χ1n) is 10.2. The number of aryl methyl sites for hydroxylation is 1. The van der Waals surface area contributed by atoms with E-state index in [1.165, 1.54) is 18.2 Å². The van der Waals surface area contributed by atoms with Crippen molar-refractivity contribution in [3.05, 3.63) is 83.2 Å². The Hall–Kier alpha value is -3.05. The standard InChI is InChI=1S/C25H25F2N3/c1-17-11-20(14-22(27)12-17)24-16-29-15-19(6-5-18-3-2-4-21(26)13-18)25(24)30-9-7-23(28)8-10-30/h2-6,11-16,23H,7-10,28H2,1H3. The molecule has 1 saturated heterocycles. The fraction of sp³-hybridized carbons (Fsp3) is 0.240. The van der Waals surface area contributed by atoms with E-state index in [2.05, 4.69) is 9.88 Å². The highest BCUT2D eigenvalue weighted by Gasteiger charge is 2.22. The van der Waals surface area contributed by atoms with Crippen LogP contribution in [0.5, 0.6) is 0 Å². The average Bonchev–Trinajstić information content (AvgIpc) is 2.72. The Balaban J connectivity index is 1.81.